The summed E-state index contributed by atoms with van der Waals surface area (Å²) in [6.07, 6.45) is 0. The molecule has 0 aliphatic rings. The quantitative estimate of drug-likeness (QED) is 0.776. The summed E-state index contributed by atoms with van der Waals surface area (Å²) in [5.74, 6) is 0.665. The van der Waals surface area contributed by atoms with Crippen LogP contribution in [-0.4, -0.2) is 12.5 Å². The number of hydrogen-bond donors (Lipinski definition) is 1. The van der Waals surface area contributed by atoms with Crippen molar-refractivity contribution in [1.82, 2.24) is 0 Å². The molecule has 122 valence electrons. The molecule has 0 saturated heterocycles. The fourth-order valence-corrected chi connectivity index (χ4v) is 3.24. The fraction of sp³-hybridized carbons (Fsp3) is 0.316. The van der Waals surface area contributed by atoms with Crippen LogP contribution in [0.2, 0.25) is 0 Å². The van der Waals surface area contributed by atoms with Gasteiger partial charge in [0.15, 0.2) is 0 Å². The van der Waals surface area contributed by atoms with Crippen LogP contribution in [-0.2, 0) is 5.41 Å². The van der Waals surface area contributed by atoms with Crippen molar-refractivity contribution in [2.45, 2.75) is 33.1 Å². The van der Waals surface area contributed by atoms with E-state index in [2.05, 4.69) is 42.0 Å². The average molecular weight is 376 g/mol. The van der Waals surface area contributed by atoms with Crippen LogP contribution in [0.25, 0.3) is 0 Å². The predicted molar refractivity (Wildman–Crippen MR) is 98.4 cm³/mol. The van der Waals surface area contributed by atoms with E-state index in [1.807, 2.05) is 49.4 Å². The smallest absolute Gasteiger partial charge is 0.255 e. The van der Waals surface area contributed by atoms with Gasteiger partial charge >= 0.3 is 0 Å². The number of halogens is 1. The maximum absolute atomic E-state index is 12.4. The Morgan fingerprint density at radius 1 is 1.13 bits per heavy atom. The second-order valence-corrected chi connectivity index (χ2v) is 7.21. The molecule has 0 saturated carbocycles. The van der Waals surface area contributed by atoms with E-state index in [0.717, 1.165) is 15.9 Å². The minimum Gasteiger partial charge on any atom is -0.494 e. The van der Waals surface area contributed by atoms with Crippen LogP contribution in [0, 0.1) is 0 Å². The van der Waals surface area contributed by atoms with Crippen molar-refractivity contribution in [3.8, 4) is 5.75 Å². The lowest BCUT2D eigenvalue weighted by Gasteiger charge is -2.21. The molecular weight excluding hydrogens is 354 g/mol. The van der Waals surface area contributed by atoms with Gasteiger partial charge in [-0.1, -0.05) is 42.8 Å². The van der Waals surface area contributed by atoms with Crippen molar-refractivity contribution < 1.29 is 9.53 Å². The Balaban J connectivity index is 2.13. The van der Waals surface area contributed by atoms with Gasteiger partial charge in [0.2, 0.25) is 0 Å². The van der Waals surface area contributed by atoms with Gasteiger partial charge in [0.05, 0.1) is 6.61 Å². The van der Waals surface area contributed by atoms with Crippen molar-refractivity contribution in [2.24, 2.45) is 0 Å². The minimum absolute atomic E-state index is 0.0307. The molecule has 0 aliphatic heterocycles. The summed E-state index contributed by atoms with van der Waals surface area (Å²) in [4.78, 5) is 12.4. The first-order chi connectivity index (χ1) is 10.8. The summed E-state index contributed by atoms with van der Waals surface area (Å²) in [6, 6.07) is 13.1. The molecular formula is C19H22BrNO2. The summed E-state index contributed by atoms with van der Waals surface area (Å²) in [5.41, 5.74) is 2.58. The van der Waals surface area contributed by atoms with Crippen molar-refractivity contribution in [2.75, 3.05) is 11.9 Å². The van der Waals surface area contributed by atoms with Crippen molar-refractivity contribution in [1.29, 1.82) is 0 Å². The van der Waals surface area contributed by atoms with Gasteiger partial charge in [0.1, 0.15) is 5.75 Å². The molecule has 2 rings (SSSR count). The van der Waals surface area contributed by atoms with Crippen LogP contribution < -0.4 is 10.1 Å². The van der Waals surface area contributed by atoms with Crippen LogP contribution in [0.3, 0.4) is 0 Å². The number of amides is 1. The first-order valence-electron chi connectivity index (χ1n) is 7.65. The number of hydrogen-bond acceptors (Lipinski definition) is 2. The van der Waals surface area contributed by atoms with Crippen LogP contribution in [0.1, 0.15) is 43.6 Å². The molecule has 2 aromatic carbocycles. The van der Waals surface area contributed by atoms with E-state index in [4.69, 9.17) is 4.74 Å². The number of carbonyl (C=O) groups excluding carboxylic acids is 1. The molecule has 2 aromatic rings. The number of benzene rings is 2. The molecule has 3 nitrogen and oxygen atoms in total. The topological polar surface area (TPSA) is 38.3 Å². The van der Waals surface area contributed by atoms with Crippen molar-refractivity contribution >= 4 is 27.5 Å². The normalized spacial score (nSPS) is 11.2. The highest BCUT2D eigenvalue weighted by Crippen LogP contribution is 2.30. The third-order valence-corrected chi connectivity index (χ3v) is 4.12. The Kier molecular flexibility index (Phi) is 5.47. The lowest BCUT2D eigenvalue weighted by Crippen LogP contribution is -2.15. The van der Waals surface area contributed by atoms with Crippen LogP contribution in [0.15, 0.2) is 46.9 Å². The third kappa shape index (κ3) is 4.58. The van der Waals surface area contributed by atoms with Crippen molar-refractivity contribution in [3.63, 3.8) is 0 Å². The lowest BCUT2D eigenvalue weighted by molar-refractivity contribution is 0.102. The summed E-state index contributed by atoms with van der Waals surface area (Å²) >= 11 is 3.57. The molecule has 1 amide bonds. The predicted octanol–water partition coefficient (Wildman–Crippen LogP) is 5.40. The molecule has 0 spiro atoms. The van der Waals surface area contributed by atoms with Gasteiger partial charge in [-0.15, -0.1) is 0 Å². The second-order valence-electron chi connectivity index (χ2n) is 6.36. The first kappa shape index (κ1) is 17.5. The molecule has 0 atom stereocenters. The summed E-state index contributed by atoms with van der Waals surface area (Å²) < 4.78 is 6.34. The highest BCUT2D eigenvalue weighted by molar-refractivity contribution is 9.10. The Morgan fingerprint density at radius 2 is 1.78 bits per heavy atom. The molecule has 0 heterocycles. The van der Waals surface area contributed by atoms with Gasteiger partial charge in [-0.2, -0.15) is 0 Å². The van der Waals surface area contributed by atoms with Gasteiger partial charge in [-0.25, -0.2) is 0 Å². The van der Waals surface area contributed by atoms with E-state index in [0.29, 0.717) is 12.2 Å². The Labute approximate surface area is 146 Å². The van der Waals surface area contributed by atoms with Crippen LogP contribution >= 0.6 is 15.9 Å². The first-order valence-corrected chi connectivity index (χ1v) is 8.45. The average Bonchev–Trinajstić information content (AvgIpc) is 2.48. The number of anilines is 1. The number of rotatable bonds is 4. The number of ether oxygens (including phenoxy) is 1. The standard InChI is InChI=1S/C19H22BrNO2/c1-5-23-15-9-7-14(8-10-15)21-18(22)13-6-11-16(17(20)12-13)19(2,3)4/h6-12H,5H2,1-4H3,(H,21,22). The van der Waals surface area contributed by atoms with Crippen LogP contribution in [0.4, 0.5) is 5.69 Å². The van der Waals surface area contributed by atoms with Gasteiger partial charge in [0.25, 0.3) is 5.91 Å². The van der Waals surface area contributed by atoms with Crippen molar-refractivity contribution in [3.05, 3.63) is 58.1 Å². The van der Waals surface area contributed by atoms with Gasteiger partial charge in [-0.3, -0.25) is 4.79 Å². The Hall–Kier alpha value is -1.81. The van der Waals surface area contributed by atoms with E-state index in [1.165, 1.54) is 5.56 Å². The highest BCUT2D eigenvalue weighted by Gasteiger charge is 2.18. The summed E-state index contributed by atoms with van der Waals surface area (Å²) in [6.45, 7) is 9.00. The number of nitrogens with one attached hydrogen (secondary N) is 1. The SMILES string of the molecule is CCOc1ccc(NC(=O)c2ccc(C(C)(C)C)c(Br)c2)cc1. The van der Waals surface area contributed by atoms with Gasteiger partial charge in [0, 0.05) is 15.7 Å². The van der Waals surface area contributed by atoms with Crippen LogP contribution in [0.5, 0.6) is 5.75 Å². The monoisotopic (exact) mass is 375 g/mol. The second kappa shape index (κ2) is 7.18. The largest absolute Gasteiger partial charge is 0.494 e. The third-order valence-electron chi connectivity index (χ3n) is 3.46. The Morgan fingerprint density at radius 3 is 2.30 bits per heavy atom. The summed E-state index contributed by atoms with van der Waals surface area (Å²) in [5, 5.41) is 2.90. The molecule has 1 N–H and O–H groups in total. The molecule has 0 unspecified atom stereocenters. The zero-order valence-electron chi connectivity index (χ0n) is 13.9. The zero-order chi connectivity index (χ0) is 17.0. The maximum atomic E-state index is 12.4. The molecule has 23 heavy (non-hydrogen) atoms. The summed E-state index contributed by atoms with van der Waals surface area (Å²) in [7, 11) is 0. The number of carbonyl (C=O) groups is 1. The molecule has 0 aromatic heterocycles. The van der Waals surface area contributed by atoms with E-state index >= 15 is 0 Å². The maximum Gasteiger partial charge on any atom is 0.255 e. The minimum atomic E-state index is -0.129. The highest BCUT2D eigenvalue weighted by atomic mass is 79.9. The van der Waals surface area contributed by atoms with E-state index in [-0.39, 0.29) is 11.3 Å². The molecule has 0 fully saturated rings. The lowest BCUT2D eigenvalue weighted by atomic mass is 9.86. The Bertz CT molecular complexity index is 688. The zero-order valence-corrected chi connectivity index (χ0v) is 15.5. The van der Waals surface area contributed by atoms with Gasteiger partial charge < -0.3 is 10.1 Å². The molecule has 0 bridgehead atoms. The van der Waals surface area contributed by atoms with E-state index < -0.39 is 0 Å². The molecule has 0 aliphatic carbocycles. The van der Waals surface area contributed by atoms with Gasteiger partial charge in [-0.05, 0) is 54.3 Å². The molecule has 0 radical (unpaired) electrons. The van der Waals surface area contributed by atoms with E-state index in [1.54, 1.807) is 0 Å². The molecule has 4 heteroatoms. The fourth-order valence-electron chi connectivity index (χ4n) is 2.27. The van der Waals surface area contributed by atoms with E-state index in [9.17, 15) is 4.79 Å².